The van der Waals surface area contributed by atoms with E-state index in [2.05, 4.69) is 6.58 Å². The second-order valence-electron chi connectivity index (χ2n) is 6.30. The van der Waals surface area contributed by atoms with Crippen molar-refractivity contribution in [3.8, 4) is 0 Å². The van der Waals surface area contributed by atoms with Crippen molar-refractivity contribution in [2.24, 2.45) is 5.92 Å². The molecule has 0 aromatic heterocycles. The van der Waals surface area contributed by atoms with Crippen LogP contribution in [-0.2, 0) is 16.1 Å². The lowest BCUT2D eigenvalue weighted by Crippen LogP contribution is -2.44. The minimum absolute atomic E-state index is 0.0312. The highest BCUT2D eigenvalue weighted by Crippen LogP contribution is 2.22. The number of likely N-dealkylation sites (tertiary alicyclic amines) is 1. The lowest BCUT2D eigenvalue weighted by molar-refractivity contribution is -0.140. The van der Waals surface area contributed by atoms with Gasteiger partial charge < -0.3 is 9.80 Å². The Morgan fingerprint density at radius 3 is 2.56 bits per heavy atom. The Balaban J connectivity index is 2.03. The van der Waals surface area contributed by atoms with E-state index in [1.54, 1.807) is 9.80 Å². The van der Waals surface area contributed by atoms with Gasteiger partial charge in [0.15, 0.2) is 0 Å². The van der Waals surface area contributed by atoms with Gasteiger partial charge in [-0.1, -0.05) is 19.6 Å². The molecule has 1 fully saturated rings. The van der Waals surface area contributed by atoms with Crippen molar-refractivity contribution in [3.05, 3.63) is 48.1 Å². The number of rotatable bonds is 6. The van der Waals surface area contributed by atoms with Gasteiger partial charge in [-0.3, -0.25) is 9.59 Å². The first-order valence-corrected chi connectivity index (χ1v) is 8.60. The number of hydrogen-bond acceptors (Lipinski definition) is 2. The van der Waals surface area contributed by atoms with Gasteiger partial charge in [0.2, 0.25) is 11.8 Å². The molecule has 4 nitrogen and oxygen atoms in total. The van der Waals surface area contributed by atoms with Crippen LogP contribution in [0.15, 0.2) is 30.9 Å². The number of benzene rings is 1. The molecule has 0 saturated carbocycles. The molecule has 1 aliphatic heterocycles. The standard InChI is InChI=1S/C19H24F2N2O2/c1-3-9-23(13-15-5-6-16(20)12-17(15)21)19(25)14-7-10-22(11-8-14)18(24)4-2/h4-6,12,14H,2-3,7-11,13H2,1H3. The zero-order valence-corrected chi connectivity index (χ0v) is 14.5. The highest BCUT2D eigenvalue weighted by molar-refractivity contribution is 5.87. The van der Waals surface area contributed by atoms with Crippen molar-refractivity contribution < 1.29 is 18.4 Å². The average molecular weight is 350 g/mol. The van der Waals surface area contributed by atoms with Crippen molar-refractivity contribution in [1.82, 2.24) is 9.80 Å². The first-order chi connectivity index (χ1) is 12.0. The maximum Gasteiger partial charge on any atom is 0.245 e. The van der Waals surface area contributed by atoms with Crippen molar-refractivity contribution >= 4 is 11.8 Å². The van der Waals surface area contributed by atoms with Crippen molar-refractivity contribution in [3.63, 3.8) is 0 Å². The molecule has 1 aliphatic rings. The normalized spacial score (nSPS) is 15.1. The molecule has 0 radical (unpaired) electrons. The van der Waals surface area contributed by atoms with E-state index in [1.165, 1.54) is 18.2 Å². The predicted octanol–water partition coefficient (Wildman–Crippen LogP) is 3.13. The highest BCUT2D eigenvalue weighted by atomic mass is 19.1. The molecule has 136 valence electrons. The van der Waals surface area contributed by atoms with Crippen LogP contribution in [0.4, 0.5) is 8.78 Å². The third-order valence-corrected chi connectivity index (χ3v) is 4.51. The van der Waals surface area contributed by atoms with Gasteiger partial charge in [0.25, 0.3) is 0 Å². The van der Waals surface area contributed by atoms with Gasteiger partial charge in [0, 0.05) is 43.7 Å². The van der Waals surface area contributed by atoms with Gasteiger partial charge in [-0.25, -0.2) is 8.78 Å². The Morgan fingerprint density at radius 1 is 1.32 bits per heavy atom. The molecule has 0 N–H and O–H groups in total. The molecule has 0 atom stereocenters. The summed E-state index contributed by atoms with van der Waals surface area (Å²) < 4.78 is 27.0. The van der Waals surface area contributed by atoms with Crippen LogP contribution in [-0.4, -0.2) is 41.2 Å². The Kier molecular flexibility index (Phi) is 6.67. The predicted molar refractivity (Wildman–Crippen MR) is 91.6 cm³/mol. The number of carbonyl (C=O) groups is 2. The van der Waals surface area contributed by atoms with Crippen LogP contribution in [0.25, 0.3) is 0 Å². The second kappa shape index (κ2) is 8.74. The van der Waals surface area contributed by atoms with Gasteiger partial charge in [0.05, 0.1) is 0 Å². The van der Waals surface area contributed by atoms with Crippen LogP contribution in [0, 0.1) is 17.6 Å². The third kappa shape index (κ3) is 4.87. The first kappa shape index (κ1) is 19.1. The maximum absolute atomic E-state index is 13.9. The summed E-state index contributed by atoms with van der Waals surface area (Å²) in [5.74, 6) is -1.60. The molecule has 0 unspecified atom stereocenters. The van der Waals surface area contributed by atoms with Crippen LogP contribution in [0.5, 0.6) is 0 Å². The summed E-state index contributed by atoms with van der Waals surface area (Å²) in [6, 6.07) is 3.42. The molecule has 1 heterocycles. The second-order valence-corrected chi connectivity index (χ2v) is 6.30. The average Bonchev–Trinajstić information content (AvgIpc) is 2.62. The lowest BCUT2D eigenvalue weighted by atomic mass is 9.94. The van der Waals surface area contributed by atoms with Gasteiger partial charge in [-0.2, -0.15) is 0 Å². The smallest absolute Gasteiger partial charge is 0.245 e. The van der Waals surface area contributed by atoms with Crippen LogP contribution in [0.2, 0.25) is 0 Å². The number of halogens is 2. The summed E-state index contributed by atoms with van der Waals surface area (Å²) in [7, 11) is 0. The van der Waals surface area contributed by atoms with E-state index < -0.39 is 11.6 Å². The topological polar surface area (TPSA) is 40.6 Å². The van der Waals surface area contributed by atoms with Crippen molar-refractivity contribution in [2.75, 3.05) is 19.6 Å². The third-order valence-electron chi connectivity index (χ3n) is 4.51. The molecular formula is C19H24F2N2O2. The van der Waals surface area contributed by atoms with Crippen LogP contribution >= 0.6 is 0 Å². The Bertz CT molecular complexity index is 640. The Labute approximate surface area is 147 Å². The lowest BCUT2D eigenvalue weighted by Gasteiger charge is -2.34. The van der Waals surface area contributed by atoms with E-state index >= 15 is 0 Å². The van der Waals surface area contributed by atoms with Crippen molar-refractivity contribution in [1.29, 1.82) is 0 Å². The fraction of sp³-hybridized carbons (Fsp3) is 0.474. The molecule has 1 aromatic carbocycles. The van der Waals surface area contributed by atoms with Gasteiger partial charge in [0.1, 0.15) is 11.6 Å². The molecule has 6 heteroatoms. The largest absolute Gasteiger partial charge is 0.339 e. The summed E-state index contributed by atoms with van der Waals surface area (Å²) in [4.78, 5) is 27.8. The summed E-state index contributed by atoms with van der Waals surface area (Å²) in [5.41, 5.74) is 0.308. The van der Waals surface area contributed by atoms with Gasteiger partial charge in [-0.15, -0.1) is 0 Å². The molecule has 0 bridgehead atoms. The molecule has 1 aromatic rings. The van der Waals surface area contributed by atoms with E-state index in [9.17, 15) is 18.4 Å². The molecule has 2 rings (SSSR count). The number of carbonyl (C=O) groups excluding carboxylic acids is 2. The van der Waals surface area contributed by atoms with E-state index in [0.29, 0.717) is 38.0 Å². The molecule has 1 saturated heterocycles. The molecular weight excluding hydrogens is 326 g/mol. The number of hydrogen-bond donors (Lipinski definition) is 0. The summed E-state index contributed by atoms with van der Waals surface area (Å²) in [6.45, 7) is 7.11. The van der Waals surface area contributed by atoms with Crippen LogP contribution in [0.3, 0.4) is 0 Å². The number of piperidine rings is 1. The monoisotopic (exact) mass is 350 g/mol. The minimum atomic E-state index is -0.639. The van der Waals surface area contributed by atoms with Crippen LogP contribution in [0.1, 0.15) is 31.7 Å². The zero-order valence-electron chi connectivity index (χ0n) is 14.5. The van der Waals surface area contributed by atoms with E-state index in [4.69, 9.17) is 0 Å². The summed E-state index contributed by atoms with van der Waals surface area (Å²) in [6.07, 6.45) is 3.21. The number of amides is 2. The minimum Gasteiger partial charge on any atom is -0.339 e. The first-order valence-electron chi connectivity index (χ1n) is 8.60. The fourth-order valence-electron chi connectivity index (χ4n) is 3.13. The Hall–Kier alpha value is -2.24. The van der Waals surface area contributed by atoms with Crippen molar-refractivity contribution in [2.45, 2.75) is 32.7 Å². The quantitative estimate of drug-likeness (QED) is 0.740. The van der Waals surface area contributed by atoms with E-state index in [0.717, 1.165) is 12.5 Å². The molecule has 25 heavy (non-hydrogen) atoms. The summed E-state index contributed by atoms with van der Waals surface area (Å²) in [5, 5.41) is 0. The van der Waals surface area contributed by atoms with Crippen LogP contribution < -0.4 is 0 Å². The number of nitrogens with zero attached hydrogens (tertiary/aromatic N) is 2. The molecule has 0 aliphatic carbocycles. The van der Waals surface area contributed by atoms with Gasteiger partial charge in [-0.05, 0) is 31.4 Å². The van der Waals surface area contributed by atoms with E-state index in [-0.39, 0.29) is 24.3 Å². The Morgan fingerprint density at radius 2 is 2.00 bits per heavy atom. The van der Waals surface area contributed by atoms with Gasteiger partial charge >= 0.3 is 0 Å². The zero-order chi connectivity index (χ0) is 18.4. The SMILES string of the molecule is C=CC(=O)N1CCC(C(=O)N(CCC)Cc2ccc(F)cc2F)CC1. The highest BCUT2D eigenvalue weighted by Gasteiger charge is 2.29. The summed E-state index contributed by atoms with van der Waals surface area (Å²) >= 11 is 0. The molecule has 2 amide bonds. The van der Waals surface area contributed by atoms with E-state index in [1.807, 2.05) is 6.92 Å². The fourth-order valence-corrected chi connectivity index (χ4v) is 3.13. The maximum atomic E-state index is 13.9. The molecule has 0 spiro atoms.